The highest BCUT2D eigenvalue weighted by atomic mass is 16.3. The SMILES string of the molecule is CCN(CC)CCN1C(=O)c2ccc(-c3ccco3)n2C[C@]1(C)C(=O)NC1CCC(C)CC1. The highest BCUT2D eigenvalue weighted by Gasteiger charge is 2.48. The van der Waals surface area contributed by atoms with Crippen LogP contribution in [0.4, 0.5) is 0 Å². The molecule has 33 heavy (non-hydrogen) atoms. The lowest BCUT2D eigenvalue weighted by Crippen LogP contribution is -2.66. The zero-order chi connectivity index (χ0) is 23.6. The Kier molecular flexibility index (Phi) is 6.98. The van der Waals surface area contributed by atoms with Gasteiger partial charge in [-0.2, -0.15) is 0 Å². The summed E-state index contributed by atoms with van der Waals surface area (Å²) in [6.45, 7) is 11.9. The lowest BCUT2D eigenvalue weighted by molar-refractivity contribution is -0.134. The topological polar surface area (TPSA) is 70.7 Å². The van der Waals surface area contributed by atoms with Gasteiger partial charge in [0.05, 0.1) is 18.5 Å². The fraction of sp³-hybridized carbons (Fsp3) is 0.615. The highest BCUT2D eigenvalue weighted by molar-refractivity contribution is 6.00. The van der Waals surface area contributed by atoms with Gasteiger partial charge in [0.2, 0.25) is 5.91 Å². The summed E-state index contributed by atoms with van der Waals surface area (Å²) in [4.78, 5) is 31.6. The van der Waals surface area contributed by atoms with Crippen LogP contribution in [0, 0.1) is 5.92 Å². The molecule has 2 amide bonds. The maximum absolute atomic E-state index is 13.8. The van der Waals surface area contributed by atoms with E-state index in [0.717, 1.165) is 51.0 Å². The standard InChI is InChI=1S/C26H38N4O3/c1-5-28(6-2)15-16-30-24(31)22-14-13-21(23-8-7-17-33-23)29(22)18-26(30,4)25(32)27-20-11-9-19(3)10-12-20/h7-8,13-14,17,19-20H,5-6,9-12,15-16,18H2,1-4H3,(H,27,32)/t19?,20?,26-/m1/s1. The Morgan fingerprint density at radius 3 is 2.48 bits per heavy atom. The molecular weight excluding hydrogens is 416 g/mol. The van der Waals surface area contributed by atoms with E-state index in [1.807, 2.05) is 35.8 Å². The average Bonchev–Trinajstić information content (AvgIpc) is 3.47. The van der Waals surface area contributed by atoms with Gasteiger partial charge in [0.25, 0.3) is 5.91 Å². The van der Waals surface area contributed by atoms with Crippen LogP contribution in [-0.4, -0.2) is 63.9 Å². The van der Waals surface area contributed by atoms with Crippen LogP contribution in [-0.2, 0) is 11.3 Å². The van der Waals surface area contributed by atoms with Crippen LogP contribution >= 0.6 is 0 Å². The molecule has 1 fully saturated rings. The normalized spacial score (nSPS) is 25.4. The fourth-order valence-corrected chi connectivity index (χ4v) is 5.29. The summed E-state index contributed by atoms with van der Waals surface area (Å²) in [6, 6.07) is 7.68. The summed E-state index contributed by atoms with van der Waals surface area (Å²) in [6.07, 6.45) is 5.91. The monoisotopic (exact) mass is 454 g/mol. The zero-order valence-corrected chi connectivity index (χ0v) is 20.5. The third-order valence-electron chi connectivity index (χ3n) is 7.65. The average molecular weight is 455 g/mol. The molecule has 2 aromatic rings. The molecule has 4 rings (SSSR count). The molecule has 0 aromatic carbocycles. The first-order valence-electron chi connectivity index (χ1n) is 12.5. The van der Waals surface area contributed by atoms with Crippen molar-refractivity contribution in [3.8, 4) is 11.5 Å². The van der Waals surface area contributed by atoms with Crippen LogP contribution in [0.5, 0.6) is 0 Å². The lowest BCUT2D eigenvalue weighted by Gasteiger charge is -2.45. The van der Waals surface area contributed by atoms with Gasteiger partial charge in [-0.05, 0) is 75.9 Å². The van der Waals surface area contributed by atoms with Gasteiger partial charge in [0, 0.05) is 19.1 Å². The van der Waals surface area contributed by atoms with E-state index >= 15 is 0 Å². The molecule has 3 heterocycles. The van der Waals surface area contributed by atoms with E-state index in [1.165, 1.54) is 0 Å². The predicted molar refractivity (Wildman–Crippen MR) is 129 cm³/mol. The maximum atomic E-state index is 13.8. The molecule has 7 nitrogen and oxygen atoms in total. The Labute approximate surface area is 197 Å². The molecule has 1 aliphatic heterocycles. The van der Waals surface area contributed by atoms with Crippen molar-refractivity contribution >= 4 is 11.8 Å². The van der Waals surface area contributed by atoms with Gasteiger partial charge in [-0.15, -0.1) is 0 Å². The zero-order valence-electron chi connectivity index (χ0n) is 20.5. The van der Waals surface area contributed by atoms with Crippen molar-refractivity contribution < 1.29 is 14.0 Å². The molecule has 7 heteroatoms. The number of nitrogens with one attached hydrogen (secondary N) is 1. The number of carbonyl (C=O) groups excluding carboxylic acids is 2. The first kappa shape index (κ1) is 23.6. The number of fused-ring (bicyclic) bond motifs is 1. The van der Waals surface area contributed by atoms with Crippen LogP contribution in [0.25, 0.3) is 11.5 Å². The number of hydrogen-bond donors (Lipinski definition) is 1. The summed E-state index contributed by atoms with van der Waals surface area (Å²) in [5.41, 5.74) is 0.468. The van der Waals surface area contributed by atoms with Crippen molar-refractivity contribution in [2.45, 2.75) is 71.5 Å². The van der Waals surface area contributed by atoms with Gasteiger partial charge in [0.15, 0.2) is 0 Å². The number of nitrogens with zero attached hydrogens (tertiary/aromatic N) is 3. The molecule has 180 valence electrons. The molecular formula is C26H38N4O3. The van der Waals surface area contributed by atoms with Crippen LogP contribution in [0.3, 0.4) is 0 Å². The second kappa shape index (κ2) is 9.75. The Morgan fingerprint density at radius 2 is 1.85 bits per heavy atom. The van der Waals surface area contributed by atoms with Gasteiger partial charge in [-0.1, -0.05) is 20.8 Å². The number of furan rings is 1. The molecule has 2 aromatic heterocycles. The van der Waals surface area contributed by atoms with E-state index in [-0.39, 0.29) is 17.9 Å². The molecule has 2 aliphatic rings. The van der Waals surface area contributed by atoms with Crippen molar-refractivity contribution in [1.82, 2.24) is 19.7 Å². The Balaban J connectivity index is 1.64. The summed E-state index contributed by atoms with van der Waals surface area (Å²) in [5.74, 6) is 1.27. The quantitative estimate of drug-likeness (QED) is 0.655. The Bertz CT molecular complexity index is 954. The Hall–Kier alpha value is -2.54. The van der Waals surface area contributed by atoms with Gasteiger partial charge in [-0.3, -0.25) is 9.59 Å². The van der Waals surface area contributed by atoms with Crippen molar-refractivity contribution in [3.63, 3.8) is 0 Å². The predicted octanol–water partition coefficient (Wildman–Crippen LogP) is 4.00. The molecule has 1 saturated carbocycles. The van der Waals surface area contributed by atoms with Gasteiger partial charge < -0.3 is 24.1 Å². The first-order valence-corrected chi connectivity index (χ1v) is 12.5. The minimum atomic E-state index is -0.972. The fourth-order valence-electron chi connectivity index (χ4n) is 5.29. The van der Waals surface area contributed by atoms with Crippen molar-refractivity contribution in [1.29, 1.82) is 0 Å². The van der Waals surface area contributed by atoms with Crippen molar-refractivity contribution in [2.24, 2.45) is 5.92 Å². The summed E-state index contributed by atoms with van der Waals surface area (Å²) in [5, 5.41) is 3.31. The molecule has 1 aliphatic carbocycles. The van der Waals surface area contributed by atoms with Crippen LogP contribution in [0.2, 0.25) is 0 Å². The number of aromatic nitrogens is 1. The molecule has 0 radical (unpaired) electrons. The van der Waals surface area contributed by atoms with Gasteiger partial charge in [0.1, 0.15) is 17.0 Å². The third kappa shape index (κ3) is 4.60. The number of hydrogen-bond acceptors (Lipinski definition) is 4. The van der Waals surface area contributed by atoms with Crippen LogP contribution in [0.15, 0.2) is 34.9 Å². The van der Waals surface area contributed by atoms with E-state index in [1.54, 1.807) is 11.2 Å². The summed E-state index contributed by atoms with van der Waals surface area (Å²) in [7, 11) is 0. The molecule has 0 unspecified atom stereocenters. The van der Waals surface area contributed by atoms with E-state index in [2.05, 4.69) is 31.0 Å². The van der Waals surface area contributed by atoms with Crippen LogP contribution in [0.1, 0.15) is 63.9 Å². The molecule has 0 spiro atoms. The lowest BCUT2D eigenvalue weighted by atomic mass is 9.86. The van der Waals surface area contributed by atoms with Gasteiger partial charge >= 0.3 is 0 Å². The second-order valence-electron chi connectivity index (χ2n) is 9.86. The molecule has 0 bridgehead atoms. The molecule has 1 N–H and O–H groups in total. The largest absolute Gasteiger partial charge is 0.463 e. The highest BCUT2D eigenvalue weighted by Crippen LogP contribution is 2.34. The third-order valence-corrected chi connectivity index (χ3v) is 7.65. The minimum absolute atomic E-state index is 0.0558. The molecule has 1 atom stereocenters. The summed E-state index contributed by atoms with van der Waals surface area (Å²) < 4.78 is 7.58. The summed E-state index contributed by atoms with van der Waals surface area (Å²) >= 11 is 0. The van der Waals surface area contributed by atoms with Gasteiger partial charge in [-0.25, -0.2) is 0 Å². The number of amides is 2. The van der Waals surface area contributed by atoms with Crippen molar-refractivity contribution in [2.75, 3.05) is 26.2 Å². The Morgan fingerprint density at radius 1 is 1.15 bits per heavy atom. The van der Waals surface area contributed by atoms with E-state index < -0.39 is 5.54 Å². The van der Waals surface area contributed by atoms with Crippen LogP contribution < -0.4 is 5.32 Å². The minimum Gasteiger partial charge on any atom is -0.463 e. The van der Waals surface area contributed by atoms with E-state index in [0.29, 0.717) is 30.5 Å². The smallest absolute Gasteiger partial charge is 0.271 e. The molecule has 0 saturated heterocycles. The number of carbonyl (C=O) groups is 2. The second-order valence-corrected chi connectivity index (χ2v) is 9.86. The van der Waals surface area contributed by atoms with E-state index in [9.17, 15) is 9.59 Å². The first-order chi connectivity index (χ1) is 15.9. The maximum Gasteiger partial charge on any atom is 0.271 e. The number of rotatable bonds is 8. The van der Waals surface area contributed by atoms with Crippen molar-refractivity contribution in [3.05, 3.63) is 36.2 Å². The number of likely N-dealkylation sites (N-methyl/N-ethyl adjacent to an activating group) is 1. The van der Waals surface area contributed by atoms with E-state index in [4.69, 9.17) is 4.42 Å².